The molecule has 0 spiro atoms. The fraction of sp³-hybridized carbons (Fsp3) is 0.310. The SMILES string of the molecule is COC(=O)c1ccc2nc(-c3ccc(C#Cc4ccccc4)s3)c(NC(C)(C)CC(C)(C)C)n2c1. The highest BCUT2D eigenvalue weighted by Crippen LogP contribution is 2.37. The summed E-state index contributed by atoms with van der Waals surface area (Å²) in [5, 5.41) is 3.74. The molecular formula is C29H31N3O2S. The quantitative estimate of drug-likeness (QED) is 0.247. The van der Waals surface area contributed by atoms with Crippen LogP contribution in [0.3, 0.4) is 0 Å². The van der Waals surface area contributed by atoms with Gasteiger partial charge in [-0.25, -0.2) is 9.78 Å². The number of fused-ring (bicyclic) bond motifs is 1. The lowest BCUT2D eigenvalue weighted by Crippen LogP contribution is -2.36. The number of methoxy groups -OCH3 is 1. The van der Waals surface area contributed by atoms with Gasteiger partial charge in [-0.15, -0.1) is 11.3 Å². The van der Waals surface area contributed by atoms with Crippen LogP contribution < -0.4 is 5.32 Å². The maximum absolute atomic E-state index is 12.2. The molecule has 0 saturated heterocycles. The molecule has 0 radical (unpaired) electrons. The Morgan fingerprint density at radius 3 is 2.46 bits per heavy atom. The number of carbonyl (C=O) groups excluding carboxylic acids is 1. The Morgan fingerprint density at radius 1 is 1.03 bits per heavy atom. The number of nitrogens with zero attached hydrogens (tertiary/aromatic N) is 2. The van der Waals surface area contributed by atoms with Crippen molar-refractivity contribution in [3.63, 3.8) is 0 Å². The Kier molecular flexibility index (Phi) is 6.73. The Morgan fingerprint density at radius 2 is 1.77 bits per heavy atom. The highest BCUT2D eigenvalue weighted by Gasteiger charge is 2.28. The standard InChI is InChI=1S/C29H31N3O2S/c1-28(2,3)19-29(4,5)31-26-25(30-24-17-13-21(18-32(24)26)27(33)34-6)23-16-15-22(35-23)14-12-20-10-8-7-9-11-20/h7-11,13,15-18,31H,19H2,1-6H3. The average molecular weight is 486 g/mol. The lowest BCUT2D eigenvalue weighted by molar-refractivity contribution is 0.0600. The second kappa shape index (κ2) is 9.59. The first-order valence-electron chi connectivity index (χ1n) is 11.6. The van der Waals surface area contributed by atoms with E-state index in [1.54, 1.807) is 23.6 Å². The number of thiophene rings is 1. The van der Waals surface area contributed by atoms with Gasteiger partial charge in [0.1, 0.15) is 17.2 Å². The number of rotatable bonds is 5. The maximum atomic E-state index is 12.2. The molecule has 35 heavy (non-hydrogen) atoms. The topological polar surface area (TPSA) is 55.6 Å². The fourth-order valence-corrected chi connectivity index (χ4v) is 5.30. The van der Waals surface area contributed by atoms with Gasteiger partial charge in [0.25, 0.3) is 0 Å². The van der Waals surface area contributed by atoms with Crippen LogP contribution in [-0.4, -0.2) is 28.0 Å². The maximum Gasteiger partial charge on any atom is 0.339 e. The van der Waals surface area contributed by atoms with Crippen molar-refractivity contribution in [1.82, 2.24) is 9.38 Å². The van der Waals surface area contributed by atoms with Crippen molar-refractivity contribution < 1.29 is 9.53 Å². The van der Waals surface area contributed by atoms with Crippen molar-refractivity contribution in [2.24, 2.45) is 5.41 Å². The van der Waals surface area contributed by atoms with E-state index in [9.17, 15) is 4.79 Å². The third kappa shape index (κ3) is 5.93. The molecule has 6 heteroatoms. The second-order valence-electron chi connectivity index (χ2n) is 10.5. The minimum Gasteiger partial charge on any atom is -0.465 e. The highest BCUT2D eigenvalue weighted by atomic mass is 32.1. The molecule has 3 heterocycles. The Balaban J connectivity index is 1.78. The van der Waals surface area contributed by atoms with E-state index in [2.05, 4.69) is 57.8 Å². The molecule has 0 atom stereocenters. The van der Waals surface area contributed by atoms with Gasteiger partial charge in [-0.05, 0) is 62.1 Å². The number of benzene rings is 1. The van der Waals surface area contributed by atoms with E-state index in [1.807, 2.05) is 46.9 Å². The number of anilines is 1. The molecule has 0 aliphatic heterocycles. The molecule has 0 fully saturated rings. The summed E-state index contributed by atoms with van der Waals surface area (Å²) >= 11 is 1.61. The zero-order chi connectivity index (χ0) is 25.2. The van der Waals surface area contributed by atoms with Crippen LogP contribution in [0.2, 0.25) is 0 Å². The number of nitrogens with one attached hydrogen (secondary N) is 1. The van der Waals surface area contributed by atoms with E-state index in [0.717, 1.165) is 38.9 Å². The number of hydrogen-bond acceptors (Lipinski definition) is 5. The summed E-state index contributed by atoms with van der Waals surface area (Å²) in [6, 6.07) is 17.6. The molecule has 180 valence electrons. The number of ether oxygens (including phenoxy) is 1. The van der Waals surface area contributed by atoms with E-state index >= 15 is 0 Å². The van der Waals surface area contributed by atoms with Gasteiger partial charge < -0.3 is 10.1 Å². The minimum absolute atomic E-state index is 0.136. The molecule has 0 amide bonds. The molecule has 0 bridgehead atoms. The predicted molar refractivity (Wildman–Crippen MR) is 144 cm³/mol. The highest BCUT2D eigenvalue weighted by molar-refractivity contribution is 7.16. The van der Waals surface area contributed by atoms with Crippen molar-refractivity contribution in [2.75, 3.05) is 12.4 Å². The predicted octanol–water partition coefficient (Wildman–Crippen LogP) is 6.88. The normalized spacial score (nSPS) is 11.7. The Hall–Kier alpha value is -3.56. The van der Waals surface area contributed by atoms with Gasteiger partial charge in [-0.1, -0.05) is 50.8 Å². The minimum atomic E-state index is -0.378. The van der Waals surface area contributed by atoms with E-state index in [1.165, 1.54) is 7.11 Å². The molecule has 4 aromatic rings. The number of carbonyl (C=O) groups is 1. The molecule has 4 rings (SSSR count). The van der Waals surface area contributed by atoms with Gasteiger partial charge in [0.15, 0.2) is 0 Å². The van der Waals surface area contributed by atoms with E-state index in [0.29, 0.717) is 5.56 Å². The second-order valence-corrected chi connectivity index (χ2v) is 11.6. The summed E-state index contributed by atoms with van der Waals surface area (Å²) in [4.78, 5) is 19.1. The van der Waals surface area contributed by atoms with Crippen molar-refractivity contribution in [3.05, 3.63) is 76.8 Å². The molecule has 5 nitrogen and oxygen atoms in total. The monoisotopic (exact) mass is 485 g/mol. The van der Waals surface area contributed by atoms with E-state index < -0.39 is 0 Å². The van der Waals surface area contributed by atoms with Crippen molar-refractivity contribution in [3.8, 4) is 22.4 Å². The van der Waals surface area contributed by atoms with Gasteiger partial charge in [0, 0.05) is 17.3 Å². The van der Waals surface area contributed by atoms with Gasteiger partial charge in [-0.3, -0.25) is 4.40 Å². The largest absolute Gasteiger partial charge is 0.465 e. The molecule has 0 aliphatic carbocycles. The first-order chi connectivity index (χ1) is 16.5. The van der Waals surface area contributed by atoms with Crippen LogP contribution in [0.5, 0.6) is 0 Å². The van der Waals surface area contributed by atoms with Crippen LogP contribution in [0, 0.1) is 17.3 Å². The summed E-state index contributed by atoms with van der Waals surface area (Å²) < 4.78 is 6.89. The number of esters is 1. The van der Waals surface area contributed by atoms with Gasteiger partial charge in [0.05, 0.1) is 22.4 Å². The third-order valence-electron chi connectivity index (χ3n) is 5.41. The first kappa shape index (κ1) is 24.6. The number of imidazole rings is 1. The summed E-state index contributed by atoms with van der Waals surface area (Å²) in [7, 11) is 1.39. The zero-order valence-electron chi connectivity index (χ0n) is 21.1. The summed E-state index contributed by atoms with van der Waals surface area (Å²) in [5.74, 6) is 6.97. The van der Waals surface area contributed by atoms with Gasteiger partial charge in [-0.2, -0.15) is 0 Å². The van der Waals surface area contributed by atoms with Crippen molar-refractivity contribution in [1.29, 1.82) is 0 Å². The first-order valence-corrected chi connectivity index (χ1v) is 12.4. The number of aromatic nitrogens is 2. The number of pyridine rings is 1. The van der Waals surface area contributed by atoms with Crippen LogP contribution in [0.1, 0.15) is 61.8 Å². The lowest BCUT2D eigenvalue weighted by atomic mass is 9.82. The van der Waals surface area contributed by atoms with Crippen LogP contribution >= 0.6 is 11.3 Å². The molecule has 1 N–H and O–H groups in total. The smallest absolute Gasteiger partial charge is 0.339 e. The molecule has 0 saturated carbocycles. The van der Waals surface area contributed by atoms with Crippen LogP contribution in [0.4, 0.5) is 5.82 Å². The van der Waals surface area contributed by atoms with Crippen LogP contribution in [0.15, 0.2) is 60.8 Å². The molecule has 1 aromatic carbocycles. The summed E-state index contributed by atoms with van der Waals surface area (Å²) in [6.45, 7) is 11.1. The van der Waals surface area contributed by atoms with E-state index in [-0.39, 0.29) is 16.9 Å². The van der Waals surface area contributed by atoms with Crippen molar-refractivity contribution in [2.45, 2.75) is 46.6 Å². The summed E-state index contributed by atoms with van der Waals surface area (Å²) in [6.07, 6.45) is 2.73. The third-order valence-corrected chi connectivity index (χ3v) is 6.42. The van der Waals surface area contributed by atoms with Gasteiger partial charge >= 0.3 is 5.97 Å². The zero-order valence-corrected chi connectivity index (χ0v) is 21.9. The van der Waals surface area contributed by atoms with Crippen LogP contribution in [0.25, 0.3) is 16.2 Å². The number of hydrogen-bond donors (Lipinski definition) is 1. The van der Waals surface area contributed by atoms with Crippen molar-refractivity contribution >= 4 is 28.8 Å². The molecule has 3 aromatic heterocycles. The summed E-state index contributed by atoms with van der Waals surface area (Å²) in [5.41, 5.74) is 2.98. The molecular weight excluding hydrogens is 454 g/mol. The van der Waals surface area contributed by atoms with Crippen LogP contribution in [-0.2, 0) is 4.74 Å². The lowest BCUT2D eigenvalue weighted by Gasteiger charge is -2.34. The Bertz CT molecular complexity index is 1410. The van der Waals surface area contributed by atoms with Gasteiger partial charge in [0.2, 0.25) is 0 Å². The van der Waals surface area contributed by atoms with E-state index in [4.69, 9.17) is 9.72 Å². The molecule has 0 unspecified atom stereocenters. The molecule has 0 aliphatic rings. The Labute approximate surface area is 211 Å². The average Bonchev–Trinajstić information content (AvgIpc) is 3.40. The fourth-order valence-electron chi connectivity index (χ4n) is 4.45.